The first-order valence-corrected chi connectivity index (χ1v) is 15.7. The third-order valence-electron chi connectivity index (χ3n) is 8.27. The molecule has 1 aliphatic heterocycles. The lowest BCUT2D eigenvalue weighted by Crippen LogP contribution is -2.34. The van der Waals surface area contributed by atoms with Crippen LogP contribution in [0.2, 0.25) is 0 Å². The molecule has 1 saturated heterocycles. The molecule has 258 valence electrons. The zero-order chi connectivity index (χ0) is 33.5. The van der Waals surface area contributed by atoms with E-state index in [0.29, 0.717) is 34.9 Å². The van der Waals surface area contributed by atoms with Crippen LogP contribution < -0.4 is 16.4 Å². The minimum atomic E-state index is -0.962. The number of aromatic carboxylic acids is 1. The van der Waals surface area contributed by atoms with E-state index in [1.165, 1.54) is 0 Å². The standard InChI is InChI=1S/C21H22N4O2.C16H12N2O3.2CH4/c26-20-18-8-2-1-7-17(18)19(23-24-20)14-15-5-3-6-16(13-15)21(27)25-11-4-9-22-10-12-25;19-15-13-7-2-1-6-12(13)14(17-18-15)9-10-4-3-5-11(8-10)16(20)21;;/h1-3,5-8,13,22H,4,9-12,14H2,(H,24,26);1-8H,9H2,(H,18,19)(H,20,21);2*1H4. The number of amides is 1. The van der Waals surface area contributed by atoms with Gasteiger partial charge in [0, 0.05) is 48.8 Å². The average Bonchev–Trinajstić information content (AvgIpc) is 3.41. The predicted octanol–water partition coefficient (Wildman–Crippen LogP) is 5.43. The Morgan fingerprint density at radius 3 is 1.68 bits per heavy atom. The van der Waals surface area contributed by atoms with Gasteiger partial charge in [0.25, 0.3) is 17.0 Å². The summed E-state index contributed by atoms with van der Waals surface area (Å²) < 4.78 is 0. The monoisotopic (exact) mass is 674 g/mol. The van der Waals surface area contributed by atoms with Gasteiger partial charge in [-0.3, -0.25) is 14.4 Å². The molecular weight excluding hydrogens is 632 g/mol. The van der Waals surface area contributed by atoms with Crippen molar-refractivity contribution in [2.45, 2.75) is 34.1 Å². The summed E-state index contributed by atoms with van der Waals surface area (Å²) in [6, 6.07) is 29.1. The summed E-state index contributed by atoms with van der Waals surface area (Å²) in [6.45, 7) is 3.30. The van der Waals surface area contributed by atoms with E-state index in [1.807, 2.05) is 65.6 Å². The molecule has 4 aromatic carbocycles. The van der Waals surface area contributed by atoms with Gasteiger partial charge in [-0.1, -0.05) is 75.5 Å². The van der Waals surface area contributed by atoms with E-state index in [9.17, 15) is 19.2 Å². The number of rotatable bonds is 6. The Morgan fingerprint density at radius 1 is 0.640 bits per heavy atom. The van der Waals surface area contributed by atoms with Crippen LogP contribution >= 0.6 is 0 Å². The number of carboxylic acid groups (broad SMARTS) is 1. The summed E-state index contributed by atoms with van der Waals surface area (Å²) in [5.74, 6) is -0.893. The van der Waals surface area contributed by atoms with Crippen LogP contribution in [0, 0.1) is 0 Å². The fourth-order valence-corrected chi connectivity index (χ4v) is 5.86. The van der Waals surface area contributed by atoms with Gasteiger partial charge in [-0.25, -0.2) is 15.0 Å². The van der Waals surface area contributed by atoms with E-state index in [-0.39, 0.29) is 37.4 Å². The van der Waals surface area contributed by atoms with Gasteiger partial charge in [-0.05, 0) is 60.5 Å². The topological polar surface area (TPSA) is 161 Å². The average molecular weight is 675 g/mol. The van der Waals surface area contributed by atoms with Gasteiger partial charge in [0.1, 0.15) is 0 Å². The number of carbonyl (C=O) groups is 2. The first kappa shape index (κ1) is 36.9. The van der Waals surface area contributed by atoms with Crippen LogP contribution in [0.5, 0.6) is 0 Å². The van der Waals surface area contributed by atoms with Crippen molar-refractivity contribution >= 4 is 33.4 Å². The first-order chi connectivity index (χ1) is 23.4. The number of fused-ring (bicyclic) bond motifs is 2. The Bertz CT molecular complexity index is 2220. The highest BCUT2D eigenvalue weighted by Crippen LogP contribution is 2.19. The van der Waals surface area contributed by atoms with Gasteiger partial charge < -0.3 is 15.3 Å². The quantitative estimate of drug-likeness (QED) is 0.182. The molecule has 2 aromatic heterocycles. The van der Waals surface area contributed by atoms with Crippen molar-refractivity contribution in [3.63, 3.8) is 0 Å². The lowest BCUT2D eigenvalue weighted by Gasteiger charge is -2.20. The molecule has 1 aliphatic rings. The number of hydrogen-bond donors (Lipinski definition) is 4. The number of aromatic nitrogens is 4. The van der Waals surface area contributed by atoms with Crippen molar-refractivity contribution in [3.05, 3.63) is 151 Å². The first-order valence-electron chi connectivity index (χ1n) is 15.7. The van der Waals surface area contributed by atoms with Gasteiger partial charge in [0.15, 0.2) is 0 Å². The molecule has 1 fully saturated rings. The normalized spacial score (nSPS) is 12.5. The highest BCUT2D eigenvalue weighted by molar-refractivity contribution is 5.94. The maximum Gasteiger partial charge on any atom is 0.335 e. The van der Waals surface area contributed by atoms with E-state index >= 15 is 0 Å². The molecule has 6 aromatic rings. The lowest BCUT2D eigenvalue weighted by atomic mass is 10.0. The number of nitrogens with one attached hydrogen (secondary N) is 3. The minimum Gasteiger partial charge on any atom is -0.478 e. The predicted molar refractivity (Wildman–Crippen MR) is 197 cm³/mol. The van der Waals surface area contributed by atoms with Gasteiger partial charge in [0.2, 0.25) is 0 Å². The van der Waals surface area contributed by atoms with Crippen molar-refractivity contribution in [2.24, 2.45) is 0 Å². The second-order valence-electron chi connectivity index (χ2n) is 11.5. The fourth-order valence-electron chi connectivity index (χ4n) is 5.86. The molecule has 0 spiro atoms. The molecule has 0 aliphatic carbocycles. The summed E-state index contributed by atoms with van der Waals surface area (Å²) in [6.07, 6.45) is 1.98. The van der Waals surface area contributed by atoms with Crippen LogP contribution in [0.4, 0.5) is 0 Å². The Labute approximate surface area is 290 Å². The highest BCUT2D eigenvalue weighted by Gasteiger charge is 2.18. The molecular formula is C39H42N6O5. The van der Waals surface area contributed by atoms with Crippen molar-refractivity contribution in [2.75, 3.05) is 26.2 Å². The Morgan fingerprint density at radius 2 is 1.14 bits per heavy atom. The maximum absolute atomic E-state index is 12.8. The van der Waals surface area contributed by atoms with Gasteiger partial charge in [0.05, 0.1) is 27.7 Å². The van der Waals surface area contributed by atoms with E-state index < -0.39 is 5.97 Å². The highest BCUT2D eigenvalue weighted by atomic mass is 16.4. The fraction of sp³-hybridized carbons (Fsp3) is 0.231. The second kappa shape index (κ2) is 16.9. The second-order valence-corrected chi connectivity index (χ2v) is 11.5. The SMILES string of the molecule is C.C.O=C(O)c1cccc(Cc2n[nH]c(=O)c3ccccc23)c1.O=C(c1cccc(Cc2n[nH]c(=O)c3ccccc23)c1)N1CCCNCC1. The van der Waals surface area contributed by atoms with Crippen molar-refractivity contribution in [1.29, 1.82) is 0 Å². The maximum atomic E-state index is 12.8. The van der Waals surface area contributed by atoms with Gasteiger partial charge in [-0.15, -0.1) is 0 Å². The molecule has 11 heteroatoms. The molecule has 0 radical (unpaired) electrons. The molecule has 0 saturated carbocycles. The third-order valence-corrected chi connectivity index (χ3v) is 8.27. The summed E-state index contributed by atoms with van der Waals surface area (Å²) >= 11 is 0. The van der Waals surface area contributed by atoms with Gasteiger partial charge >= 0.3 is 5.97 Å². The van der Waals surface area contributed by atoms with Crippen LogP contribution in [0.15, 0.2) is 107 Å². The van der Waals surface area contributed by atoms with Crippen LogP contribution in [-0.2, 0) is 12.8 Å². The van der Waals surface area contributed by atoms with Crippen LogP contribution in [0.25, 0.3) is 21.5 Å². The van der Waals surface area contributed by atoms with Crippen molar-refractivity contribution < 1.29 is 14.7 Å². The van der Waals surface area contributed by atoms with E-state index in [0.717, 1.165) is 60.2 Å². The molecule has 50 heavy (non-hydrogen) atoms. The third kappa shape index (κ3) is 8.55. The molecule has 0 bridgehead atoms. The van der Waals surface area contributed by atoms with E-state index in [2.05, 4.69) is 25.7 Å². The number of carbonyl (C=O) groups excluding carboxylic acids is 1. The van der Waals surface area contributed by atoms with E-state index in [1.54, 1.807) is 36.4 Å². The Balaban J connectivity index is 0.000000222. The summed E-state index contributed by atoms with van der Waals surface area (Å²) in [7, 11) is 0. The molecule has 7 rings (SSSR count). The molecule has 3 heterocycles. The number of H-pyrrole nitrogens is 2. The minimum absolute atomic E-state index is 0. The number of benzene rings is 4. The smallest absolute Gasteiger partial charge is 0.335 e. The number of nitrogens with zero attached hydrogens (tertiary/aromatic N) is 3. The van der Waals surface area contributed by atoms with Gasteiger partial charge in [-0.2, -0.15) is 10.2 Å². The molecule has 0 unspecified atom stereocenters. The number of carboxylic acids is 1. The zero-order valence-corrected chi connectivity index (χ0v) is 26.1. The zero-order valence-electron chi connectivity index (χ0n) is 26.1. The number of aromatic amines is 2. The molecule has 4 N–H and O–H groups in total. The van der Waals surface area contributed by atoms with Crippen molar-refractivity contribution in [1.82, 2.24) is 30.6 Å². The molecule has 1 amide bonds. The Hall–Kier alpha value is -5.94. The molecule has 11 nitrogen and oxygen atoms in total. The number of hydrogen-bond acceptors (Lipinski definition) is 7. The summed E-state index contributed by atoms with van der Waals surface area (Å²) in [5, 5.41) is 28.6. The lowest BCUT2D eigenvalue weighted by molar-refractivity contribution is 0.0695. The van der Waals surface area contributed by atoms with E-state index in [4.69, 9.17) is 5.11 Å². The largest absolute Gasteiger partial charge is 0.478 e. The molecule has 0 atom stereocenters. The van der Waals surface area contributed by atoms with Crippen LogP contribution in [0.3, 0.4) is 0 Å². The Kier molecular flexibility index (Phi) is 12.5. The summed E-state index contributed by atoms with van der Waals surface area (Å²) in [5.41, 5.74) is 3.87. The van der Waals surface area contributed by atoms with Crippen LogP contribution in [-0.4, -0.2) is 68.5 Å². The van der Waals surface area contributed by atoms with Crippen molar-refractivity contribution in [3.8, 4) is 0 Å². The van der Waals surface area contributed by atoms with Crippen LogP contribution in [0.1, 0.15) is 64.5 Å². The summed E-state index contributed by atoms with van der Waals surface area (Å²) in [4.78, 5) is 49.4.